The van der Waals surface area contributed by atoms with E-state index in [9.17, 15) is 9.59 Å². The molecule has 0 saturated carbocycles. The smallest absolute Gasteiger partial charge is 0.235 e. The van der Waals surface area contributed by atoms with Gasteiger partial charge in [-0.2, -0.15) is 0 Å². The quantitative estimate of drug-likeness (QED) is 0.867. The van der Waals surface area contributed by atoms with Crippen molar-refractivity contribution in [2.75, 3.05) is 13.1 Å². The number of nitrogens with two attached hydrogens (primary N) is 1. The summed E-state index contributed by atoms with van der Waals surface area (Å²) in [5.41, 5.74) is 7.80. The molecule has 1 aromatic rings. The number of benzene rings is 1. The number of amides is 2. The first-order chi connectivity index (χ1) is 10.4. The van der Waals surface area contributed by atoms with Gasteiger partial charge in [-0.25, -0.2) is 0 Å². The van der Waals surface area contributed by atoms with Gasteiger partial charge in [0.15, 0.2) is 0 Å². The Morgan fingerprint density at radius 3 is 2.73 bits per heavy atom. The highest BCUT2D eigenvalue weighted by molar-refractivity contribution is 8.00. The number of hydrogen-bond acceptors (Lipinski definition) is 3. The molecule has 1 fully saturated rings. The average Bonchev–Trinajstić information content (AvgIpc) is 2.49. The second-order valence-corrected chi connectivity index (χ2v) is 7.44. The number of likely N-dealkylation sites (tertiary alicyclic amines) is 1. The normalized spacial score (nSPS) is 19.8. The van der Waals surface area contributed by atoms with E-state index in [0.717, 1.165) is 24.3 Å². The van der Waals surface area contributed by atoms with Gasteiger partial charge in [0.1, 0.15) is 0 Å². The Hall–Kier alpha value is -1.49. The monoisotopic (exact) mass is 320 g/mol. The third kappa shape index (κ3) is 4.03. The van der Waals surface area contributed by atoms with Crippen LogP contribution in [-0.2, 0) is 9.59 Å². The fourth-order valence-corrected chi connectivity index (χ4v) is 3.86. The standard InChI is InChI=1S/C17H24N2O2S/c1-11-6-7-15(12(2)9-11)22-13(3)17(21)19-8-4-5-14(10-19)16(18)20/h6-7,9,13-14H,4-5,8,10H2,1-3H3,(H2,18,20). The van der Waals surface area contributed by atoms with Crippen molar-refractivity contribution in [2.24, 2.45) is 11.7 Å². The molecule has 120 valence electrons. The van der Waals surface area contributed by atoms with Gasteiger partial charge in [-0.05, 0) is 45.2 Å². The third-order valence-electron chi connectivity index (χ3n) is 4.12. The van der Waals surface area contributed by atoms with Crippen LogP contribution >= 0.6 is 11.8 Å². The van der Waals surface area contributed by atoms with Crippen LogP contribution in [0.2, 0.25) is 0 Å². The van der Waals surface area contributed by atoms with Gasteiger partial charge in [-0.3, -0.25) is 9.59 Å². The lowest BCUT2D eigenvalue weighted by Crippen LogP contribution is -2.46. The predicted octanol–water partition coefficient (Wildman–Crippen LogP) is 2.51. The SMILES string of the molecule is Cc1ccc(SC(C)C(=O)N2CCCC(C(N)=O)C2)c(C)c1. The lowest BCUT2D eigenvalue weighted by atomic mass is 9.97. The Morgan fingerprint density at radius 2 is 2.09 bits per heavy atom. The summed E-state index contributed by atoms with van der Waals surface area (Å²) < 4.78 is 0. The molecular weight excluding hydrogens is 296 g/mol. The minimum absolute atomic E-state index is 0.0934. The zero-order chi connectivity index (χ0) is 16.3. The van der Waals surface area contributed by atoms with Crippen LogP contribution in [-0.4, -0.2) is 35.1 Å². The Bertz CT molecular complexity index is 574. The zero-order valence-corrected chi connectivity index (χ0v) is 14.3. The van der Waals surface area contributed by atoms with E-state index >= 15 is 0 Å². The number of thioether (sulfide) groups is 1. The fraction of sp³-hybridized carbons (Fsp3) is 0.529. The van der Waals surface area contributed by atoms with Gasteiger partial charge < -0.3 is 10.6 Å². The highest BCUT2D eigenvalue weighted by Crippen LogP contribution is 2.29. The van der Waals surface area contributed by atoms with Gasteiger partial charge in [0.05, 0.1) is 11.2 Å². The van der Waals surface area contributed by atoms with Crippen molar-refractivity contribution in [1.29, 1.82) is 0 Å². The lowest BCUT2D eigenvalue weighted by Gasteiger charge is -2.33. The molecule has 0 aliphatic carbocycles. The first-order valence-electron chi connectivity index (χ1n) is 7.70. The summed E-state index contributed by atoms with van der Waals surface area (Å²) in [4.78, 5) is 26.9. The van der Waals surface area contributed by atoms with Crippen LogP contribution in [0, 0.1) is 19.8 Å². The Morgan fingerprint density at radius 1 is 1.36 bits per heavy atom. The van der Waals surface area contributed by atoms with Crippen LogP contribution in [0.5, 0.6) is 0 Å². The van der Waals surface area contributed by atoms with Crippen molar-refractivity contribution in [3.8, 4) is 0 Å². The molecule has 1 saturated heterocycles. The number of carbonyl (C=O) groups is 2. The minimum Gasteiger partial charge on any atom is -0.369 e. The molecular formula is C17H24N2O2S. The molecule has 1 aliphatic rings. The van der Waals surface area contributed by atoms with Crippen LogP contribution in [0.1, 0.15) is 30.9 Å². The maximum Gasteiger partial charge on any atom is 0.235 e. The highest BCUT2D eigenvalue weighted by atomic mass is 32.2. The Labute approximate surface area is 136 Å². The van der Waals surface area contributed by atoms with E-state index in [-0.39, 0.29) is 23.0 Å². The summed E-state index contributed by atoms with van der Waals surface area (Å²) in [5.74, 6) is -0.404. The number of aryl methyl sites for hydroxylation is 2. The zero-order valence-electron chi connectivity index (χ0n) is 13.5. The molecule has 2 N–H and O–H groups in total. The topological polar surface area (TPSA) is 63.4 Å². The second-order valence-electron chi connectivity index (χ2n) is 6.05. The summed E-state index contributed by atoms with van der Waals surface area (Å²) in [6.07, 6.45) is 1.64. The Kier molecular flexibility index (Phi) is 5.51. The molecule has 22 heavy (non-hydrogen) atoms. The largest absolute Gasteiger partial charge is 0.369 e. The summed E-state index contributed by atoms with van der Waals surface area (Å²) >= 11 is 1.58. The van der Waals surface area contributed by atoms with E-state index in [1.807, 2.05) is 6.92 Å². The van der Waals surface area contributed by atoms with E-state index in [4.69, 9.17) is 5.73 Å². The summed E-state index contributed by atoms with van der Waals surface area (Å²) in [7, 11) is 0. The lowest BCUT2D eigenvalue weighted by molar-refractivity contribution is -0.134. The highest BCUT2D eigenvalue weighted by Gasteiger charge is 2.29. The molecule has 0 spiro atoms. The van der Waals surface area contributed by atoms with Crippen LogP contribution in [0.25, 0.3) is 0 Å². The van der Waals surface area contributed by atoms with Crippen molar-refractivity contribution in [2.45, 2.75) is 43.8 Å². The van der Waals surface area contributed by atoms with Gasteiger partial charge in [0.25, 0.3) is 0 Å². The summed E-state index contributed by atoms with van der Waals surface area (Å²) in [6, 6.07) is 6.27. The number of carbonyl (C=O) groups excluding carboxylic acids is 2. The molecule has 2 rings (SSSR count). The average molecular weight is 320 g/mol. The molecule has 2 amide bonds. The van der Waals surface area contributed by atoms with E-state index < -0.39 is 0 Å². The first-order valence-corrected chi connectivity index (χ1v) is 8.58. The Balaban J connectivity index is 2.01. The number of hydrogen-bond donors (Lipinski definition) is 1. The van der Waals surface area contributed by atoms with Crippen molar-refractivity contribution in [3.05, 3.63) is 29.3 Å². The van der Waals surface area contributed by atoms with Gasteiger partial charge in [0, 0.05) is 18.0 Å². The van der Waals surface area contributed by atoms with E-state index in [2.05, 4.69) is 32.0 Å². The van der Waals surface area contributed by atoms with E-state index in [1.165, 1.54) is 11.1 Å². The number of primary amides is 1. The van der Waals surface area contributed by atoms with Gasteiger partial charge in [0.2, 0.25) is 11.8 Å². The van der Waals surface area contributed by atoms with Gasteiger partial charge in [-0.15, -0.1) is 11.8 Å². The molecule has 1 aliphatic heterocycles. The molecule has 1 heterocycles. The van der Waals surface area contributed by atoms with Gasteiger partial charge >= 0.3 is 0 Å². The van der Waals surface area contributed by atoms with Crippen molar-refractivity contribution in [3.63, 3.8) is 0 Å². The summed E-state index contributed by atoms with van der Waals surface area (Å²) in [5, 5.41) is -0.159. The van der Waals surface area contributed by atoms with Crippen LogP contribution in [0.4, 0.5) is 0 Å². The molecule has 1 aromatic carbocycles. The minimum atomic E-state index is -0.299. The van der Waals surface area contributed by atoms with Crippen LogP contribution in [0.15, 0.2) is 23.1 Å². The van der Waals surface area contributed by atoms with Crippen LogP contribution in [0.3, 0.4) is 0 Å². The fourth-order valence-electron chi connectivity index (χ4n) is 2.84. The maximum absolute atomic E-state index is 12.6. The van der Waals surface area contributed by atoms with Crippen molar-refractivity contribution >= 4 is 23.6 Å². The third-order valence-corrected chi connectivity index (χ3v) is 5.38. The number of piperidine rings is 1. The molecule has 5 heteroatoms. The molecule has 2 atom stereocenters. The molecule has 0 bridgehead atoms. The maximum atomic E-state index is 12.6. The predicted molar refractivity (Wildman–Crippen MR) is 89.7 cm³/mol. The molecule has 0 aromatic heterocycles. The van der Waals surface area contributed by atoms with Crippen LogP contribution < -0.4 is 5.73 Å². The van der Waals surface area contributed by atoms with E-state index in [1.54, 1.807) is 16.7 Å². The first kappa shape index (κ1) is 16.9. The number of rotatable bonds is 4. The van der Waals surface area contributed by atoms with Crippen molar-refractivity contribution < 1.29 is 9.59 Å². The van der Waals surface area contributed by atoms with Crippen molar-refractivity contribution in [1.82, 2.24) is 4.90 Å². The molecule has 0 radical (unpaired) electrons. The number of nitrogens with zero attached hydrogens (tertiary/aromatic N) is 1. The molecule has 4 nitrogen and oxygen atoms in total. The summed E-state index contributed by atoms with van der Waals surface area (Å²) in [6.45, 7) is 7.25. The second kappa shape index (κ2) is 7.18. The van der Waals surface area contributed by atoms with E-state index in [0.29, 0.717) is 6.54 Å². The van der Waals surface area contributed by atoms with Gasteiger partial charge in [-0.1, -0.05) is 17.7 Å². The molecule has 2 unspecified atom stereocenters.